The first-order valence-corrected chi connectivity index (χ1v) is 9.07. The van der Waals surface area contributed by atoms with Crippen LogP contribution in [0.5, 0.6) is 0 Å². The molecule has 0 fully saturated rings. The minimum absolute atomic E-state index is 0. The van der Waals surface area contributed by atoms with Crippen molar-refractivity contribution in [2.75, 3.05) is 7.11 Å². The molecule has 0 unspecified atom stereocenters. The molecule has 2 aromatic heterocycles. The molecule has 0 amide bonds. The number of hydrogen-bond acceptors (Lipinski definition) is 5. The van der Waals surface area contributed by atoms with Crippen molar-refractivity contribution in [1.29, 1.82) is 0 Å². The predicted octanol–water partition coefficient (Wildman–Crippen LogP) is 5.23. The van der Waals surface area contributed by atoms with Gasteiger partial charge in [0.15, 0.2) is 0 Å². The van der Waals surface area contributed by atoms with Crippen molar-refractivity contribution < 1.29 is 81.2 Å². The molecule has 2 heterocycles. The van der Waals surface area contributed by atoms with Gasteiger partial charge in [0.25, 0.3) is 0 Å². The molecule has 0 atom stereocenters. The molecule has 0 saturated heterocycles. The first-order valence-electron chi connectivity index (χ1n) is 9.07. The van der Waals surface area contributed by atoms with Crippen LogP contribution in [0, 0.1) is 32.9 Å². The van der Waals surface area contributed by atoms with Crippen LogP contribution in [0.15, 0.2) is 48.5 Å². The van der Waals surface area contributed by atoms with E-state index in [-0.39, 0.29) is 79.8 Å². The second-order valence-electron chi connectivity index (χ2n) is 6.50. The molecule has 4 aromatic rings. The number of nitrogens with zero attached hydrogens (tertiary/aromatic N) is 2. The van der Waals surface area contributed by atoms with Crippen LogP contribution in [-0.4, -0.2) is 28.8 Å². The van der Waals surface area contributed by atoms with Gasteiger partial charge in [-0.05, 0) is 28.0 Å². The van der Waals surface area contributed by atoms with E-state index in [1.165, 1.54) is 7.11 Å². The number of fused-ring (bicyclic) bond motifs is 2. The molecule has 0 N–H and O–H groups in total. The molecule has 0 bridgehead atoms. The minimum atomic E-state index is -0.901. The maximum atomic E-state index is 11.7. The summed E-state index contributed by atoms with van der Waals surface area (Å²) < 4.78 is 4.40. The summed E-state index contributed by atoms with van der Waals surface area (Å²) in [6.07, 6.45) is 0. The molecular formula is C25H26N2O3Y2-2. The average Bonchev–Trinajstić information content (AvgIpc) is 2.73. The van der Waals surface area contributed by atoms with Crippen LogP contribution in [0.2, 0.25) is 0 Å². The van der Waals surface area contributed by atoms with Gasteiger partial charge in [0.1, 0.15) is 0 Å². The van der Waals surface area contributed by atoms with Gasteiger partial charge in [-0.3, -0.25) is 4.79 Å². The summed E-state index contributed by atoms with van der Waals surface area (Å²) in [6, 6.07) is 21.5. The molecule has 0 saturated carbocycles. The fourth-order valence-electron chi connectivity index (χ4n) is 2.79. The molecule has 2 aromatic carbocycles. The zero-order valence-electron chi connectivity index (χ0n) is 17.9. The quantitative estimate of drug-likeness (QED) is 0.141. The number of benzene rings is 2. The van der Waals surface area contributed by atoms with Crippen LogP contribution < -0.4 is 0 Å². The summed E-state index contributed by atoms with van der Waals surface area (Å²) in [5.41, 5.74) is 4.60. The van der Waals surface area contributed by atoms with E-state index in [4.69, 9.17) is 0 Å². The van der Waals surface area contributed by atoms with E-state index < -0.39 is 11.8 Å². The summed E-state index contributed by atoms with van der Waals surface area (Å²) in [5.74, 6) is -1.62. The maximum absolute atomic E-state index is 11.7. The SMILES string of the molecule is C.COC(=O)C(=O)c1[c-]c2ccccc2nc1C.Cc1[c-]c2ccccc2nc1C.[2HH].[Y].[Y]. The Labute approximate surface area is 241 Å². The van der Waals surface area contributed by atoms with Crippen molar-refractivity contribution in [3.63, 3.8) is 0 Å². The van der Waals surface area contributed by atoms with E-state index in [0.29, 0.717) is 11.1 Å². The smallest absolute Gasteiger partial charge is 0.344 e. The van der Waals surface area contributed by atoms with Crippen LogP contribution >= 0.6 is 0 Å². The van der Waals surface area contributed by atoms with Crippen LogP contribution in [0.3, 0.4) is 0 Å². The Balaban J connectivity index is 0. The van der Waals surface area contributed by atoms with Crippen molar-refractivity contribution >= 4 is 33.6 Å². The molecule has 162 valence electrons. The molecule has 2 radical (unpaired) electrons. The molecule has 0 spiro atoms. The van der Waals surface area contributed by atoms with E-state index in [0.717, 1.165) is 27.7 Å². The first kappa shape index (κ1) is 30.6. The summed E-state index contributed by atoms with van der Waals surface area (Å²) in [6.45, 7) is 5.71. The fraction of sp³-hybridized carbons (Fsp3) is 0.200. The van der Waals surface area contributed by atoms with Crippen LogP contribution in [-0.2, 0) is 74.9 Å². The van der Waals surface area contributed by atoms with Crippen molar-refractivity contribution in [1.82, 2.24) is 9.97 Å². The number of aryl methyl sites for hydroxylation is 3. The van der Waals surface area contributed by atoms with Gasteiger partial charge in [0.2, 0.25) is 5.78 Å². The number of ketones is 1. The number of aromatic nitrogens is 2. The van der Waals surface area contributed by atoms with Crippen molar-refractivity contribution in [2.45, 2.75) is 28.2 Å². The van der Waals surface area contributed by atoms with E-state index in [1.54, 1.807) is 13.0 Å². The molecule has 0 aliphatic carbocycles. The maximum Gasteiger partial charge on any atom is 0.344 e. The van der Waals surface area contributed by atoms with Gasteiger partial charge in [-0.15, -0.1) is 41.3 Å². The van der Waals surface area contributed by atoms with Crippen molar-refractivity contribution in [2.24, 2.45) is 0 Å². The van der Waals surface area contributed by atoms with E-state index in [9.17, 15) is 9.59 Å². The topological polar surface area (TPSA) is 69.2 Å². The third-order valence-corrected chi connectivity index (χ3v) is 4.47. The number of para-hydroxylation sites is 2. The molecule has 4 rings (SSSR count). The van der Waals surface area contributed by atoms with E-state index in [2.05, 4.69) is 26.8 Å². The van der Waals surface area contributed by atoms with Gasteiger partial charge >= 0.3 is 5.97 Å². The van der Waals surface area contributed by atoms with Gasteiger partial charge in [-0.1, -0.05) is 63.9 Å². The second-order valence-corrected chi connectivity index (χ2v) is 6.50. The molecule has 32 heavy (non-hydrogen) atoms. The number of rotatable bonds is 2. The molecule has 5 nitrogen and oxygen atoms in total. The fourth-order valence-corrected chi connectivity index (χ4v) is 2.79. The number of hydrogen-bond donors (Lipinski definition) is 0. The Bertz CT molecular complexity index is 1190. The molecule has 0 aliphatic heterocycles. The normalized spacial score (nSPS) is 9.38. The third-order valence-electron chi connectivity index (χ3n) is 4.47. The molecule has 7 heteroatoms. The Kier molecular flexibility index (Phi) is 13.4. The summed E-state index contributed by atoms with van der Waals surface area (Å²) >= 11 is 0. The minimum Gasteiger partial charge on any atom is -0.469 e. The number of Topliss-reactive ketones (excluding diaryl/α,β-unsaturated/α-hetero) is 1. The van der Waals surface area contributed by atoms with Gasteiger partial charge in [-0.25, -0.2) is 0 Å². The zero-order valence-corrected chi connectivity index (χ0v) is 23.6. The van der Waals surface area contributed by atoms with Gasteiger partial charge in [0, 0.05) is 66.8 Å². The van der Waals surface area contributed by atoms with E-state index >= 15 is 0 Å². The average molecular weight is 581 g/mol. The summed E-state index contributed by atoms with van der Waals surface area (Å²) in [7, 11) is 1.17. The number of carbonyl (C=O) groups is 2. The largest absolute Gasteiger partial charge is 0.469 e. The number of carbonyl (C=O) groups excluding carboxylic acids is 2. The number of methoxy groups -OCH3 is 1. The first-order chi connectivity index (χ1) is 13.9. The summed E-state index contributed by atoms with van der Waals surface area (Å²) in [4.78, 5) is 31.6. The van der Waals surface area contributed by atoms with Gasteiger partial charge < -0.3 is 19.5 Å². The standard InChI is InChI=1S/C13H10NO3.C11H10N.CH4.2Y.H2/c1-8-10(12(15)13(16)17-2)7-9-5-3-4-6-11(9)14-8;1-8-7-10-5-3-4-6-11(10)12-9(8)2;;;;/h3-6H,1-2H3;3-6H,1-2H3;1H4;;;1H/q2*-1;;;;/i;;;;;1+1. The summed E-state index contributed by atoms with van der Waals surface area (Å²) in [5, 5.41) is 1.80. The predicted molar refractivity (Wildman–Crippen MR) is 121 cm³/mol. The second kappa shape index (κ2) is 14.0. The Morgan fingerprint density at radius 1 is 0.812 bits per heavy atom. The van der Waals surface area contributed by atoms with Gasteiger partial charge in [-0.2, -0.15) is 0 Å². The third kappa shape index (κ3) is 7.31. The van der Waals surface area contributed by atoms with Crippen LogP contribution in [0.1, 0.15) is 36.2 Å². The van der Waals surface area contributed by atoms with Crippen LogP contribution in [0.4, 0.5) is 0 Å². The molecular weight excluding hydrogens is 554 g/mol. The Morgan fingerprint density at radius 2 is 1.28 bits per heavy atom. The van der Waals surface area contributed by atoms with Crippen molar-refractivity contribution in [3.05, 3.63) is 83.2 Å². The monoisotopic (exact) mass is 581 g/mol. The number of ether oxygens (including phenoxy) is 1. The number of pyridine rings is 2. The Morgan fingerprint density at radius 3 is 1.81 bits per heavy atom. The van der Waals surface area contributed by atoms with E-state index in [1.807, 2.05) is 56.3 Å². The van der Waals surface area contributed by atoms with Gasteiger partial charge in [0.05, 0.1) is 7.11 Å². The Hall–Kier alpha value is -1.39. The number of esters is 1. The van der Waals surface area contributed by atoms with Crippen LogP contribution in [0.25, 0.3) is 21.8 Å². The molecule has 0 aliphatic rings. The van der Waals surface area contributed by atoms with Crippen molar-refractivity contribution in [3.8, 4) is 0 Å². The zero-order chi connectivity index (χ0) is 21.0.